The number of aromatic nitrogens is 2. The summed E-state index contributed by atoms with van der Waals surface area (Å²) < 4.78 is 13.1. The predicted molar refractivity (Wildman–Crippen MR) is 76.2 cm³/mol. The standard InChI is InChI=1S/C15H15N3O2/c1-19-13-9-11(10-16)5-6-12(13)20-15-4-2-3-14-17-7-8-18(14)15/h2-9H,10,16H2,1H3. The van der Waals surface area contributed by atoms with Gasteiger partial charge in [0.05, 0.1) is 7.11 Å². The molecule has 102 valence electrons. The number of methoxy groups -OCH3 is 1. The van der Waals surface area contributed by atoms with Gasteiger partial charge in [0.1, 0.15) is 5.65 Å². The van der Waals surface area contributed by atoms with Crippen LogP contribution >= 0.6 is 0 Å². The second kappa shape index (κ2) is 5.22. The minimum absolute atomic E-state index is 0.466. The van der Waals surface area contributed by atoms with Crippen LogP contribution in [0.5, 0.6) is 17.4 Å². The van der Waals surface area contributed by atoms with Crippen LogP contribution < -0.4 is 15.2 Å². The number of pyridine rings is 1. The summed E-state index contributed by atoms with van der Waals surface area (Å²) in [6.07, 6.45) is 3.59. The van der Waals surface area contributed by atoms with Gasteiger partial charge in [0.25, 0.3) is 0 Å². The largest absolute Gasteiger partial charge is 0.493 e. The summed E-state index contributed by atoms with van der Waals surface area (Å²) in [5, 5.41) is 0. The molecule has 0 aliphatic heterocycles. The number of nitrogens with two attached hydrogens (primary N) is 1. The van der Waals surface area contributed by atoms with Gasteiger partial charge in [0.2, 0.25) is 5.88 Å². The van der Waals surface area contributed by atoms with Gasteiger partial charge >= 0.3 is 0 Å². The third-order valence-corrected chi connectivity index (χ3v) is 3.07. The molecule has 0 atom stereocenters. The van der Waals surface area contributed by atoms with Crippen LogP contribution in [-0.4, -0.2) is 16.5 Å². The van der Waals surface area contributed by atoms with E-state index in [-0.39, 0.29) is 0 Å². The number of imidazole rings is 1. The molecule has 0 fully saturated rings. The molecule has 5 nitrogen and oxygen atoms in total. The number of fused-ring (bicyclic) bond motifs is 1. The van der Waals surface area contributed by atoms with Gasteiger partial charge in [-0.05, 0) is 29.8 Å². The molecule has 0 unspecified atom stereocenters. The summed E-state index contributed by atoms with van der Waals surface area (Å²) in [5.41, 5.74) is 7.46. The molecule has 2 heterocycles. The maximum atomic E-state index is 5.93. The van der Waals surface area contributed by atoms with E-state index in [1.54, 1.807) is 13.3 Å². The Bertz CT molecular complexity index is 737. The molecule has 0 spiro atoms. The molecule has 1 aromatic carbocycles. The summed E-state index contributed by atoms with van der Waals surface area (Å²) in [6.45, 7) is 0.466. The summed E-state index contributed by atoms with van der Waals surface area (Å²) in [7, 11) is 1.61. The third kappa shape index (κ3) is 2.19. The zero-order valence-electron chi connectivity index (χ0n) is 11.1. The second-order valence-electron chi connectivity index (χ2n) is 4.31. The van der Waals surface area contributed by atoms with Crippen LogP contribution in [-0.2, 0) is 6.54 Å². The Hall–Kier alpha value is -2.53. The van der Waals surface area contributed by atoms with Gasteiger partial charge in [-0.25, -0.2) is 4.98 Å². The fraction of sp³-hybridized carbons (Fsp3) is 0.133. The van der Waals surface area contributed by atoms with E-state index in [9.17, 15) is 0 Å². The Morgan fingerprint density at radius 2 is 2.10 bits per heavy atom. The molecule has 0 amide bonds. The molecule has 3 rings (SSSR count). The number of hydrogen-bond donors (Lipinski definition) is 1. The molecular weight excluding hydrogens is 254 g/mol. The van der Waals surface area contributed by atoms with Crippen molar-refractivity contribution in [3.05, 3.63) is 54.4 Å². The molecule has 0 saturated heterocycles. The maximum absolute atomic E-state index is 5.93. The van der Waals surface area contributed by atoms with Crippen molar-refractivity contribution in [3.63, 3.8) is 0 Å². The van der Waals surface area contributed by atoms with Crippen molar-refractivity contribution in [1.82, 2.24) is 9.38 Å². The van der Waals surface area contributed by atoms with Crippen LogP contribution in [0, 0.1) is 0 Å². The summed E-state index contributed by atoms with van der Waals surface area (Å²) in [6, 6.07) is 11.4. The van der Waals surface area contributed by atoms with E-state index in [0.29, 0.717) is 23.9 Å². The first kappa shape index (κ1) is 12.5. The zero-order valence-corrected chi connectivity index (χ0v) is 11.1. The van der Waals surface area contributed by atoms with E-state index in [0.717, 1.165) is 11.2 Å². The van der Waals surface area contributed by atoms with E-state index in [4.69, 9.17) is 15.2 Å². The van der Waals surface area contributed by atoms with Crippen molar-refractivity contribution < 1.29 is 9.47 Å². The monoisotopic (exact) mass is 269 g/mol. The molecule has 5 heteroatoms. The molecule has 20 heavy (non-hydrogen) atoms. The Labute approximate surface area is 116 Å². The smallest absolute Gasteiger partial charge is 0.205 e. The van der Waals surface area contributed by atoms with Crippen LogP contribution in [0.3, 0.4) is 0 Å². The van der Waals surface area contributed by atoms with Gasteiger partial charge in [0, 0.05) is 18.9 Å². The van der Waals surface area contributed by atoms with Crippen LogP contribution in [0.1, 0.15) is 5.56 Å². The van der Waals surface area contributed by atoms with Gasteiger partial charge in [-0.15, -0.1) is 0 Å². The van der Waals surface area contributed by atoms with Crippen molar-refractivity contribution in [2.45, 2.75) is 6.54 Å². The van der Waals surface area contributed by atoms with Crippen LogP contribution in [0.15, 0.2) is 48.8 Å². The number of benzene rings is 1. The number of rotatable bonds is 4. The second-order valence-corrected chi connectivity index (χ2v) is 4.31. The minimum atomic E-state index is 0.466. The van der Waals surface area contributed by atoms with E-state index >= 15 is 0 Å². The topological polar surface area (TPSA) is 61.8 Å². The lowest BCUT2D eigenvalue weighted by molar-refractivity contribution is 0.372. The van der Waals surface area contributed by atoms with Crippen molar-refractivity contribution in [1.29, 1.82) is 0 Å². The summed E-state index contributed by atoms with van der Waals surface area (Å²) >= 11 is 0. The maximum Gasteiger partial charge on any atom is 0.205 e. The highest BCUT2D eigenvalue weighted by molar-refractivity contribution is 5.47. The molecule has 0 aliphatic rings. The van der Waals surface area contributed by atoms with Crippen molar-refractivity contribution >= 4 is 5.65 Å². The minimum Gasteiger partial charge on any atom is -0.493 e. The van der Waals surface area contributed by atoms with Crippen LogP contribution in [0.25, 0.3) is 5.65 Å². The lowest BCUT2D eigenvalue weighted by Crippen LogP contribution is -1.99. The van der Waals surface area contributed by atoms with Gasteiger partial charge in [0.15, 0.2) is 11.5 Å². The molecule has 0 aliphatic carbocycles. The molecule has 0 bridgehead atoms. The molecular formula is C15H15N3O2. The first-order chi connectivity index (χ1) is 9.81. The Kier molecular flexibility index (Phi) is 3.26. The Morgan fingerprint density at radius 3 is 2.90 bits per heavy atom. The highest BCUT2D eigenvalue weighted by Crippen LogP contribution is 2.32. The number of hydrogen-bond acceptors (Lipinski definition) is 4. The van der Waals surface area contributed by atoms with Gasteiger partial charge < -0.3 is 15.2 Å². The van der Waals surface area contributed by atoms with Crippen LogP contribution in [0.2, 0.25) is 0 Å². The lowest BCUT2D eigenvalue weighted by Gasteiger charge is -2.12. The fourth-order valence-electron chi connectivity index (χ4n) is 2.04. The molecule has 0 saturated carbocycles. The highest BCUT2D eigenvalue weighted by Gasteiger charge is 2.09. The van der Waals surface area contributed by atoms with Gasteiger partial charge in [-0.3, -0.25) is 4.40 Å². The van der Waals surface area contributed by atoms with Crippen LogP contribution in [0.4, 0.5) is 0 Å². The summed E-state index contributed by atoms with van der Waals surface area (Å²) in [5.74, 6) is 1.98. The molecule has 2 N–H and O–H groups in total. The van der Waals surface area contributed by atoms with E-state index in [1.165, 1.54) is 0 Å². The highest BCUT2D eigenvalue weighted by atomic mass is 16.5. The third-order valence-electron chi connectivity index (χ3n) is 3.07. The van der Waals surface area contributed by atoms with Crippen molar-refractivity contribution in [2.75, 3.05) is 7.11 Å². The zero-order chi connectivity index (χ0) is 13.9. The first-order valence-electron chi connectivity index (χ1n) is 6.29. The summed E-state index contributed by atoms with van der Waals surface area (Å²) in [4.78, 5) is 4.23. The SMILES string of the molecule is COc1cc(CN)ccc1Oc1cccc2nccn12. The fourth-order valence-corrected chi connectivity index (χ4v) is 2.04. The Morgan fingerprint density at radius 1 is 1.20 bits per heavy atom. The number of ether oxygens (including phenoxy) is 2. The molecule has 3 aromatic rings. The average Bonchev–Trinajstić information content (AvgIpc) is 2.97. The van der Waals surface area contributed by atoms with Gasteiger partial charge in [-0.2, -0.15) is 0 Å². The normalized spacial score (nSPS) is 10.7. The first-order valence-corrected chi connectivity index (χ1v) is 6.29. The predicted octanol–water partition coefficient (Wildman–Crippen LogP) is 2.59. The van der Waals surface area contributed by atoms with Crippen molar-refractivity contribution in [3.8, 4) is 17.4 Å². The van der Waals surface area contributed by atoms with Gasteiger partial charge in [-0.1, -0.05) is 12.1 Å². The quantitative estimate of drug-likeness (QED) is 0.790. The average molecular weight is 269 g/mol. The van der Waals surface area contributed by atoms with E-state index in [1.807, 2.05) is 47.0 Å². The molecule has 2 aromatic heterocycles. The lowest BCUT2D eigenvalue weighted by atomic mass is 10.2. The van der Waals surface area contributed by atoms with E-state index < -0.39 is 0 Å². The van der Waals surface area contributed by atoms with E-state index in [2.05, 4.69) is 4.98 Å². The number of nitrogens with zero attached hydrogens (tertiary/aromatic N) is 2. The van der Waals surface area contributed by atoms with Crippen molar-refractivity contribution in [2.24, 2.45) is 5.73 Å². The molecule has 0 radical (unpaired) electrons. The Balaban J connectivity index is 2.00.